The van der Waals surface area contributed by atoms with Crippen molar-refractivity contribution in [1.82, 2.24) is 25.3 Å². The molecule has 5 unspecified atom stereocenters. The zero-order valence-corrected chi connectivity index (χ0v) is 27.2. The Labute approximate surface area is 265 Å². The van der Waals surface area contributed by atoms with E-state index in [1.54, 1.807) is 0 Å². The number of ether oxygens (including phenoxy) is 1. The Bertz CT molecular complexity index is 1710. The Hall–Kier alpha value is -3.75. The Kier molecular flexibility index (Phi) is 6.91. The summed E-state index contributed by atoms with van der Waals surface area (Å²) in [5, 5.41) is 13.6. The standard InChI is InChI=1S/C37H45N5O3/c1-34(2,3)18-30-38-19-27(40-30)24-11-7-22(8-12-24)23-9-13-25(14-10-23)28-20-39-32(41-28)31(35(4,5)6)42-33(44)37(21-43)36-17-26(36)15-16-29(36)45-37/h7-14,19-20,26,29,31,43H,15-18,21H2,1-6H3,(H,38,40)(H,39,41)(H,42,44). The average molecular weight is 608 g/mol. The number of imidazole rings is 2. The Balaban J connectivity index is 1.05. The van der Waals surface area contributed by atoms with Crippen molar-refractivity contribution in [3.63, 3.8) is 0 Å². The molecule has 0 radical (unpaired) electrons. The van der Waals surface area contributed by atoms with E-state index in [1.165, 1.54) is 0 Å². The van der Waals surface area contributed by atoms with Crippen LogP contribution in [0.4, 0.5) is 0 Å². The molecule has 2 saturated carbocycles. The fourth-order valence-electron chi connectivity index (χ4n) is 7.79. The lowest BCUT2D eigenvalue weighted by molar-refractivity contribution is -0.272. The normalized spacial score (nSPS) is 26.1. The summed E-state index contributed by atoms with van der Waals surface area (Å²) >= 11 is 0. The van der Waals surface area contributed by atoms with Gasteiger partial charge in [-0.2, -0.15) is 0 Å². The topological polar surface area (TPSA) is 116 Å². The fourth-order valence-corrected chi connectivity index (χ4v) is 7.79. The van der Waals surface area contributed by atoms with Gasteiger partial charge in [-0.1, -0.05) is 90.1 Å². The van der Waals surface area contributed by atoms with E-state index in [0.29, 0.717) is 11.7 Å². The van der Waals surface area contributed by atoms with Gasteiger partial charge in [0.15, 0.2) is 5.60 Å². The number of nitrogens with one attached hydrogen (secondary N) is 3. The molecule has 0 bridgehead atoms. The number of aromatic nitrogens is 4. The van der Waals surface area contributed by atoms with Crippen molar-refractivity contribution in [3.05, 3.63) is 72.6 Å². The molecule has 5 atom stereocenters. The SMILES string of the molecule is CC(C)(C)Cc1nc(-c2ccc(-c3ccc(-c4c[nH]c(C(NC(=O)C5(CO)OC6CCC7CC765)C(C)(C)C)n4)cc3)cc2)c[nH]1. The Morgan fingerprint density at radius 2 is 1.49 bits per heavy atom. The van der Waals surface area contributed by atoms with Crippen LogP contribution in [0.2, 0.25) is 0 Å². The number of aliphatic hydroxyl groups excluding tert-OH is 1. The number of amides is 1. The summed E-state index contributed by atoms with van der Waals surface area (Å²) in [7, 11) is 0. The number of aliphatic hydroxyl groups is 1. The first-order valence-corrected chi connectivity index (χ1v) is 16.2. The first-order chi connectivity index (χ1) is 21.3. The van der Waals surface area contributed by atoms with Crippen molar-refractivity contribution in [2.75, 3.05) is 6.61 Å². The van der Waals surface area contributed by atoms with E-state index in [1.807, 2.05) is 12.4 Å². The van der Waals surface area contributed by atoms with Crippen LogP contribution in [-0.4, -0.2) is 49.3 Å². The lowest BCUT2D eigenvalue weighted by atomic mass is 9.73. The molecule has 1 amide bonds. The van der Waals surface area contributed by atoms with Gasteiger partial charge in [-0.25, -0.2) is 9.97 Å². The monoisotopic (exact) mass is 607 g/mol. The summed E-state index contributed by atoms with van der Waals surface area (Å²) in [6.07, 6.45) is 7.92. The molecule has 2 aromatic carbocycles. The van der Waals surface area contributed by atoms with E-state index in [-0.39, 0.29) is 40.9 Å². The molecule has 1 aliphatic heterocycles. The molecular weight excluding hydrogens is 562 g/mol. The first-order valence-electron chi connectivity index (χ1n) is 16.2. The Morgan fingerprint density at radius 3 is 2.02 bits per heavy atom. The summed E-state index contributed by atoms with van der Waals surface area (Å²) in [6, 6.07) is 16.5. The molecule has 236 valence electrons. The second-order valence-corrected chi connectivity index (χ2v) is 15.7. The van der Waals surface area contributed by atoms with Gasteiger partial charge >= 0.3 is 0 Å². The Morgan fingerprint density at radius 1 is 0.911 bits per heavy atom. The molecule has 2 aliphatic carbocycles. The molecule has 2 aromatic heterocycles. The predicted molar refractivity (Wildman–Crippen MR) is 175 cm³/mol. The van der Waals surface area contributed by atoms with E-state index in [4.69, 9.17) is 14.7 Å². The third kappa shape index (κ3) is 5.03. The third-order valence-corrected chi connectivity index (χ3v) is 10.2. The largest absolute Gasteiger partial charge is 0.393 e. The number of carbonyl (C=O) groups is 1. The molecule has 8 nitrogen and oxygen atoms in total. The molecule has 1 spiro atoms. The van der Waals surface area contributed by atoms with Crippen LogP contribution in [0.15, 0.2) is 60.9 Å². The zero-order valence-electron chi connectivity index (χ0n) is 27.2. The summed E-state index contributed by atoms with van der Waals surface area (Å²) in [5.74, 6) is 1.96. The highest BCUT2D eigenvalue weighted by Gasteiger charge is 2.83. The van der Waals surface area contributed by atoms with Crippen molar-refractivity contribution in [3.8, 4) is 33.6 Å². The number of hydrogen-bond donors (Lipinski definition) is 4. The predicted octanol–water partition coefficient (Wildman–Crippen LogP) is 6.86. The van der Waals surface area contributed by atoms with Crippen LogP contribution < -0.4 is 5.32 Å². The van der Waals surface area contributed by atoms with Crippen molar-refractivity contribution in [2.45, 2.75) is 85.0 Å². The van der Waals surface area contributed by atoms with Gasteiger partial charge < -0.3 is 25.1 Å². The molecule has 7 rings (SSSR count). The van der Waals surface area contributed by atoms with Crippen molar-refractivity contribution in [1.29, 1.82) is 0 Å². The molecule has 4 aromatic rings. The highest BCUT2D eigenvalue weighted by molar-refractivity contribution is 5.89. The van der Waals surface area contributed by atoms with Gasteiger partial charge in [-0.15, -0.1) is 0 Å². The molecule has 8 heteroatoms. The fraction of sp³-hybridized carbons (Fsp3) is 0.486. The number of rotatable bonds is 8. The van der Waals surface area contributed by atoms with Gasteiger partial charge in [0.2, 0.25) is 0 Å². The minimum atomic E-state index is -1.14. The summed E-state index contributed by atoms with van der Waals surface area (Å²) in [4.78, 5) is 30.1. The molecule has 3 heterocycles. The highest BCUT2D eigenvalue weighted by Crippen LogP contribution is 2.76. The maximum absolute atomic E-state index is 13.7. The molecule has 1 saturated heterocycles. The van der Waals surface area contributed by atoms with Gasteiger partial charge in [0.05, 0.1) is 30.1 Å². The second kappa shape index (κ2) is 10.4. The summed E-state index contributed by atoms with van der Waals surface area (Å²) in [5.41, 5.74) is 4.64. The quantitative estimate of drug-likeness (QED) is 0.175. The van der Waals surface area contributed by atoms with Gasteiger partial charge in [-0.3, -0.25) is 4.79 Å². The summed E-state index contributed by atoms with van der Waals surface area (Å²) in [6.45, 7) is 12.6. The first kappa shape index (κ1) is 29.9. The lowest BCUT2D eigenvalue weighted by Gasteiger charge is -2.53. The zero-order chi connectivity index (χ0) is 31.8. The van der Waals surface area contributed by atoms with Gasteiger partial charge in [0.25, 0.3) is 5.91 Å². The van der Waals surface area contributed by atoms with Crippen molar-refractivity contribution in [2.24, 2.45) is 22.2 Å². The van der Waals surface area contributed by atoms with E-state index < -0.39 is 5.60 Å². The van der Waals surface area contributed by atoms with Gasteiger partial charge in [-0.05, 0) is 47.1 Å². The van der Waals surface area contributed by atoms with Crippen LogP contribution in [0.3, 0.4) is 0 Å². The van der Waals surface area contributed by atoms with Crippen LogP contribution in [0.25, 0.3) is 33.6 Å². The molecule has 45 heavy (non-hydrogen) atoms. The third-order valence-electron chi connectivity index (χ3n) is 10.2. The number of benzene rings is 2. The minimum Gasteiger partial charge on any atom is -0.393 e. The number of carbonyl (C=O) groups excluding carboxylic acids is 1. The molecule has 3 aliphatic rings. The number of nitrogens with zero attached hydrogens (tertiary/aromatic N) is 2. The summed E-state index contributed by atoms with van der Waals surface area (Å²) < 4.78 is 6.13. The van der Waals surface area contributed by atoms with Crippen molar-refractivity contribution < 1.29 is 14.6 Å². The number of aromatic amines is 2. The van der Waals surface area contributed by atoms with Crippen LogP contribution in [0, 0.1) is 22.2 Å². The van der Waals surface area contributed by atoms with Crippen molar-refractivity contribution >= 4 is 5.91 Å². The molecule has 4 N–H and O–H groups in total. The number of hydrogen-bond acceptors (Lipinski definition) is 5. The minimum absolute atomic E-state index is 0.104. The highest BCUT2D eigenvalue weighted by atomic mass is 16.6. The smallest absolute Gasteiger partial charge is 0.255 e. The van der Waals surface area contributed by atoms with Gasteiger partial charge in [0, 0.05) is 35.4 Å². The van der Waals surface area contributed by atoms with E-state index in [2.05, 4.69) is 105 Å². The van der Waals surface area contributed by atoms with Crippen LogP contribution in [0.1, 0.15) is 78.5 Å². The van der Waals surface area contributed by atoms with Crippen LogP contribution in [0.5, 0.6) is 0 Å². The van der Waals surface area contributed by atoms with E-state index >= 15 is 0 Å². The second-order valence-electron chi connectivity index (χ2n) is 15.7. The molecule has 3 fully saturated rings. The number of H-pyrrole nitrogens is 2. The van der Waals surface area contributed by atoms with Crippen LogP contribution in [-0.2, 0) is 16.0 Å². The lowest BCUT2D eigenvalue weighted by Crippen LogP contribution is -2.71. The molecular formula is C37H45N5O3. The maximum Gasteiger partial charge on any atom is 0.255 e. The van der Waals surface area contributed by atoms with Gasteiger partial charge in [0.1, 0.15) is 11.6 Å². The maximum atomic E-state index is 13.7. The van der Waals surface area contributed by atoms with E-state index in [0.717, 1.165) is 65.1 Å². The van der Waals surface area contributed by atoms with E-state index in [9.17, 15) is 9.90 Å². The van der Waals surface area contributed by atoms with Crippen LogP contribution >= 0.6 is 0 Å². The average Bonchev–Trinajstić information content (AvgIpc) is 3.24.